The second kappa shape index (κ2) is 5.34. The Bertz CT molecular complexity index is 424. The number of aromatic nitrogens is 4. The van der Waals surface area contributed by atoms with Crippen LogP contribution in [0, 0.1) is 0 Å². The van der Waals surface area contributed by atoms with Gasteiger partial charge in [0.05, 0.1) is 12.2 Å². The van der Waals surface area contributed by atoms with Gasteiger partial charge in [0, 0.05) is 13.1 Å². The zero-order chi connectivity index (χ0) is 11.2. The van der Waals surface area contributed by atoms with Crippen molar-refractivity contribution >= 4 is 0 Å². The summed E-state index contributed by atoms with van der Waals surface area (Å²) >= 11 is 0. The Morgan fingerprint density at radius 1 is 1.25 bits per heavy atom. The van der Waals surface area contributed by atoms with Crippen molar-refractivity contribution in [2.24, 2.45) is 5.73 Å². The van der Waals surface area contributed by atoms with Gasteiger partial charge in [-0.3, -0.25) is 0 Å². The molecule has 16 heavy (non-hydrogen) atoms. The van der Waals surface area contributed by atoms with E-state index in [4.69, 9.17) is 5.73 Å². The summed E-state index contributed by atoms with van der Waals surface area (Å²) in [4.78, 5) is 0. The zero-order valence-electron chi connectivity index (χ0n) is 8.87. The lowest BCUT2D eigenvalue weighted by Crippen LogP contribution is -2.23. The van der Waals surface area contributed by atoms with Gasteiger partial charge in [-0.1, -0.05) is 18.2 Å². The number of hydrogen-bond acceptors (Lipinski definition) is 5. The summed E-state index contributed by atoms with van der Waals surface area (Å²) in [5.41, 5.74) is 6.35. The molecule has 0 bridgehead atoms. The molecule has 2 rings (SSSR count). The van der Waals surface area contributed by atoms with Crippen LogP contribution in [0.25, 0.3) is 5.69 Å². The average molecular weight is 218 g/mol. The summed E-state index contributed by atoms with van der Waals surface area (Å²) in [7, 11) is 0. The van der Waals surface area contributed by atoms with Crippen LogP contribution in [0.1, 0.15) is 5.82 Å². The maximum atomic E-state index is 5.40. The van der Waals surface area contributed by atoms with Gasteiger partial charge in [0.1, 0.15) is 0 Å². The molecule has 0 fully saturated rings. The monoisotopic (exact) mass is 218 g/mol. The van der Waals surface area contributed by atoms with E-state index >= 15 is 0 Å². The van der Waals surface area contributed by atoms with Crippen molar-refractivity contribution in [1.82, 2.24) is 25.5 Å². The van der Waals surface area contributed by atoms with Gasteiger partial charge in [-0.05, 0) is 22.6 Å². The lowest BCUT2D eigenvalue weighted by molar-refractivity contribution is 0.646. The summed E-state index contributed by atoms with van der Waals surface area (Å²) in [5.74, 6) is 0.777. The number of nitrogens with one attached hydrogen (secondary N) is 1. The number of rotatable bonds is 5. The number of tetrazole rings is 1. The first-order valence-electron chi connectivity index (χ1n) is 5.15. The molecule has 0 saturated carbocycles. The molecule has 0 aliphatic heterocycles. The predicted octanol–water partition coefficient (Wildman–Crippen LogP) is -0.289. The standard InChI is InChI=1S/C10H14N6/c11-6-7-12-8-10-13-14-15-16(10)9-4-2-1-3-5-9/h1-5,12H,6-8,11H2. The van der Waals surface area contributed by atoms with Crippen LogP contribution in [0.4, 0.5) is 0 Å². The molecule has 0 unspecified atom stereocenters. The molecule has 3 N–H and O–H groups in total. The first kappa shape index (κ1) is 10.7. The van der Waals surface area contributed by atoms with Crippen molar-refractivity contribution in [1.29, 1.82) is 0 Å². The van der Waals surface area contributed by atoms with E-state index in [0.717, 1.165) is 18.1 Å². The maximum Gasteiger partial charge on any atom is 0.170 e. The predicted molar refractivity (Wildman–Crippen MR) is 59.9 cm³/mol. The van der Waals surface area contributed by atoms with Gasteiger partial charge in [-0.2, -0.15) is 4.68 Å². The van der Waals surface area contributed by atoms with E-state index in [2.05, 4.69) is 20.8 Å². The highest BCUT2D eigenvalue weighted by Crippen LogP contribution is 2.06. The second-order valence-electron chi connectivity index (χ2n) is 3.31. The summed E-state index contributed by atoms with van der Waals surface area (Å²) in [6, 6.07) is 9.79. The van der Waals surface area contributed by atoms with Crippen molar-refractivity contribution in [2.75, 3.05) is 13.1 Å². The molecule has 0 atom stereocenters. The highest BCUT2D eigenvalue weighted by atomic mass is 15.5. The fourth-order valence-electron chi connectivity index (χ4n) is 1.39. The number of benzene rings is 1. The molecule has 1 aromatic carbocycles. The van der Waals surface area contributed by atoms with Crippen molar-refractivity contribution in [2.45, 2.75) is 6.54 Å². The Morgan fingerprint density at radius 2 is 2.06 bits per heavy atom. The SMILES string of the molecule is NCCNCc1nnnn1-c1ccccc1. The molecule has 2 aromatic rings. The van der Waals surface area contributed by atoms with Crippen molar-refractivity contribution in [3.63, 3.8) is 0 Å². The molecule has 0 saturated heterocycles. The molecule has 0 radical (unpaired) electrons. The van der Waals surface area contributed by atoms with Crippen LogP contribution in [0.15, 0.2) is 30.3 Å². The van der Waals surface area contributed by atoms with Gasteiger partial charge in [0.25, 0.3) is 0 Å². The number of para-hydroxylation sites is 1. The molecule has 1 aromatic heterocycles. The molecule has 6 heteroatoms. The van der Waals surface area contributed by atoms with E-state index in [-0.39, 0.29) is 0 Å². The Balaban J connectivity index is 2.13. The molecule has 0 spiro atoms. The van der Waals surface area contributed by atoms with Crippen LogP contribution >= 0.6 is 0 Å². The Hall–Kier alpha value is -1.79. The van der Waals surface area contributed by atoms with Gasteiger partial charge >= 0.3 is 0 Å². The highest BCUT2D eigenvalue weighted by Gasteiger charge is 2.06. The van der Waals surface area contributed by atoms with Crippen molar-refractivity contribution < 1.29 is 0 Å². The molecule has 1 heterocycles. The average Bonchev–Trinajstić information content (AvgIpc) is 2.79. The van der Waals surface area contributed by atoms with E-state index in [1.807, 2.05) is 30.3 Å². The minimum Gasteiger partial charge on any atom is -0.329 e. The van der Waals surface area contributed by atoms with E-state index in [0.29, 0.717) is 13.1 Å². The fourth-order valence-corrected chi connectivity index (χ4v) is 1.39. The van der Waals surface area contributed by atoms with Crippen LogP contribution in [0.5, 0.6) is 0 Å². The maximum absolute atomic E-state index is 5.40. The van der Waals surface area contributed by atoms with Gasteiger partial charge in [-0.15, -0.1) is 5.10 Å². The normalized spacial score (nSPS) is 10.6. The molecule has 84 valence electrons. The van der Waals surface area contributed by atoms with Crippen LogP contribution < -0.4 is 11.1 Å². The Kier molecular flexibility index (Phi) is 3.58. The van der Waals surface area contributed by atoms with Gasteiger partial charge < -0.3 is 11.1 Å². The van der Waals surface area contributed by atoms with Crippen molar-refractivity contribution in [3.05, 3.63) is 36.2 Å². The number of nitrogens with zero attached hydrogens (tertiary/aromatic N) is 4. The van der Waals surface area contributed by atoms with Crippen LogP contribution in [0.3, 0.4) is 0 Å². The molecular formula is C10H14N6. The van der Waals surface area contributed by atoms with Gasteiger partial charge in [-0.25, -0.2) is 0 Å². The Morgan fingerprint density at radius 3 is 2.81 bits per heavy atom. The summed E-state index contributed by atoms with van der Waals surface area (Å²) in [6.45, 7) is 1.97. The van der Waals surface area contributed by atoms with Crippen molar-refractivity contribution in [3.8, 4) is 5.69 Å². The molecule has 0 aliphatic carbocycles. The molecule has 0 amide bonds. The smallest absolute Gasteiger partial charge is 0.170 e. The summed E-state index contributed by atoms with van der Waals surface area (Å²) < 4.78 is 1.71. The molecular weight excluding hydrogens is 204 g/mol. The third kappa shape index (κ3) is 2.41. The lowest BCUT2D eigenvalue weighted by atomic mass is 10.3. The lowest BCUT2D eigenvalue weighted by Gasteiger charge is -2.04. The number of hydrogen-bond donors (Lipinski definition) is 2. The van der Waals surface area contributed by atoms with Crippen LogP contribution in [0.2, 0.25) is 0 Å². The van der Waals surface area contributed by atoms with E-state index in [1.165, 1.54) is 0 Å². The summed E-state index contributed by atoms with van der Waals surface area (Å²) in [6.07, 6.45) is 0. The third-order valence-corrected chi connectivity index (χ3v) is 2.14. The minimum absolute atomic E-state index is 0.604. The molecule has 0 aliphatic rings. The van der Waals surface area contributed by atoms with E-state index < -0.39 is 0 Å². The van der Waals surface area contributed by atoms with Crippen LogP contribution in [-0.2, 0) is 6.54 Å². The van der Waals surface area contributed by atoms with Gasteiger partial charge in [0.15, 0.2) is 5.82 Å². The third-order valence-electron chi connectivity index (χ3n) is 2.14. The van der Waals surface area contributed by atoms with E-state index in [9.17, 15) is 0 Å². The first-order valence-corrected chi connectivity index (χ1v) is 5.15. The quantitative estimate of drug-likeness (QED) is 0.674. The second-order valence-corrected chi connectivity index (χ2v) is 3.31. The zero-order valence-corrected chi connectivity index (χ0v) is 8.87. The minimum atomic E-state index is 0.604. The Labute approximate surface area is 93.5 Å². The fraction of sp³-hybridized carbons (Fsp3) is 0.300. The van der Waals surface area contributed by atoms with Crippen LogP contribution in [-0.4, -0.2) is 33.3 Å². The number of nitrogens with two attached hydrogens (primary N) is 1. The summed E-state index contributed by atoms with van der Waals surface area (Å²) in [5, 5.41) is 14.7. The molecule has 6 nitrogen and oxygen atoms in total. The first-order chi connectivity index (χ1) is 7.92. The highest BCUT2D eigenvalue weighted by molar-refractivity contribution is 5.30. The topological polar surface area (TPSA) is 81.7 Å². The van der Waals surface area contributed by atoms with Gasteiger partial charge in [0.2, 0.25) is 0 Å². The largest absolute Gasteiger partial charge is 0.329 e. The van der Waals surface area contributed by atoms with E-state index in [1.54, 1.807) is 4.68 Å².